The van der Waals surface area contributed by atoms with Gasteiger partial charge in [0.25, 0.3) is 0 Å². The SMILES string of the molecule is CCCC=CO[C@H]1O[C@H](COCc2ccccc2)[C@@H](OCc2ccccc2)[C@H](OCc2ccccc2)[C@@H]1O[Si](C)(C)C(C)(C)C. The van der Waals surface area contributed by atoms with Gasteiger partial charge in [-0.3, -0.25) is 0 Å². The molecule has 6 nitrogen and oxygen atoms in total. The lowest BCUT2D eigenvalue weighted by Gasteiger charge is -2.49. The van der Waals surface area contributed by atoms with E-state index in [4.69, 9.17) is 28.1 Å². The molecule has 1 heterocycles. The normalized spacial score (nSPS) is 22.5. The fourth-order valence-electron chi connectivity index (χ4n) is 4.92. The molecule has 45 heavy (non-hydrogen) atoms. The molecule has 0 aromatic heterocycles. The highest BCUT2D eigenvalue weighted by Crippen LogP contribution is 2.41. The van der Waals surface area contributed by atoms with Crippen LogP contribution in [0.2, 0.25) is 18.1 Å². The van der Waals surface area contributed by atoms with Gasteiger partial charge in [0.1, 0.15) is 24.4 Å². The molecule has 0 spiro atoms. The zero-order valence-corrected chi connectivity index (χ0v) is 28.9. The van der Waals surface area contributed by atoms with Crippen molar-refractivity contribution in [2.45, 2.75) is 109 Å². The van der Waals surface area contributed by atoms with Crippen molar-refractivity contribution in [3.8, 4) is 0 Å². The molecule has 4 rings (SSSR count). The third kappa shape index (κ3) is 10.6. The van der Waals surface area contributed by atoms with E-state index in [9.17, 15) is 0 Å². The fraction of sp³-hybridized carbons (Fsp3) is 0.474. The van der Waals surface area contributed by atoms with Crippen LogP contribution in [0.4, 0.5) is 0 Å². The maximum atomic E-state index is 7.13. The van der Waals surface area contributed by atoms with Crippen molar-refractivity contribution in [1.29, 1.82) is 0 Å². The standard InChI is InChI=1S/C38H52O6Si/c1-7-8-18-25-40-37-36(44-45(5,6)38(2,3)4)35(42-28-32-23-16-11-17-24-32)34(41-27-31-21-14-10-15-22-31)33(43-37)29-39-26-30-19-12-9-13-20-30/h9-25,33-37H,7-8,26-29H2,1-6H3/t33-,34-,35+,36+,37+/m1/s1. The molecule has 7 heteroatoms. The number of hydrogen-bond donors (Lipinski definition) is 0. The Hall–Kier alpha value is -2.78. The Bertz CT molecular complexity index is 1260. The average molecular weight is 633 g/mol. The maximum Gasteiger partial charge on any atom is 0.227 e. The molecule has 3 aromatic carbocycles. The van der Waals surface area contributed by atoms with Crippen molar-refractivity contribution < 1.29 is 28.1 Å². The van der Waals surface area contributed by atoms with E-state index >= 15 is 0 Å². The predicted molar refractivity (Wildman–Crippen MR) is 182 cm³/mol. The Kier molecular flexibility index (Phi) is 13.4. The van der Waals surface area contributed by atoms with Crippen LogP contribution in [0.15, 0.2) is 103 Å². The Morgan fingerprint density at radius 3 is 1.73 bits per heavy atom. The molecule has 0 bridgehead atoms. The summed E-state index contributed by atoms with van der Waals surface area (Å²) in [4.78, 5) is 0. The molecule has 244 valence electrons. The minimum Gasteiger partial charge on any atom is -0.470 e. The summed E-state index contributed by atoms with van der Waals surface area (Å²) in [5.41, 5.74) is 3.25. The van der Waals surface area contributed by atoms with Gasteiger partial charge >= 0.3 is 0 Å². The smallest absolute Gasteiger partial charge is 0.227 e. The summed E-state index contributed by atoms with van der Waals surface area (Å²) >= 11 is 0. The van der Waals surface area contributed by atoms with E-state index in [1.165, 1.54) is 0 Å². The third-order valence-electron chi connectivity index (χ3n) is 8.56. The van der Waals surface area contributed by atoms with Crippen molar-refractivity contribution >= 4 is 8.32 Å². The summed E-state index contributed by atoms with van der Waals surface area (Å²) in [6.45, 7) is 15.0. The molecule has 0 aliphatic carbocycles. The van der Waals surface area contributed by atoms with Crippen LogP contribution >= 0.6 is 0 Å². The monoisotopic (exact) mass is 632 g/mol. The van der Waals surface area contributed by atoms with Crippen LogP contribution < -0.4 is 0 Å². The van der Waals surface area contributed by atoms with Crippen molar-refractivity contribution in [2.24, 2.45) is 0 Å². The van der Waals surface area contributed by atoms with Crippen molar-refractivity contribution in [3.05, 3.63) is 120 Å². The molecule has 0 N–H and O–H groups in total. The second kappa shape index (κ2) is 17.2. The first-order valence-electron chi connectivity index (χ1n) is 16.2. The van der Waals surface area contributed by atoms with Crippen LogP contribution in [0.25, 0.3) is 0 Å². The summed E-state index contributed by atoms with van der Waals surface area (Å²) in [6, 6.07) is 30.6. The first-order chi connectivity index (χ1) is 21.7. The van der Waals surface area contributed by atoms with Crippen LogP contribution in [-0.2, 0) is 47.9 Å². The van der Waals surface area contributed by atoms with E-state index in [0.29, 0.717) is 26.4 Å². The molecule has 1 saturated heterocycles. The Balaban J connectivity index is 1.68. The number of hydrogen-bond acceptors (Lipinski definition) is 6. The molecule has 0 radical (unpaired) electrons. The van der Waals surface area contributed by atoms with Crippen molar-refractivity contribution in [1.82, 2.24) is 0 Å². The van der Waals surface area contributed by atoms with Crippen LogP contribution in [0.5, 0.6) is 0 Å². The molecule has 0 unspecified atom stereocenters. The van der Waals surface area contributed by atoms with E-state index in [1.54, 1.807) is 6.26 Å². The van der Waals surface area contributed by atoms with Crippen LogP contribution in [-0.4, -0.2) is 45.6 Å². The second-order valence-corrected chi connectivity index (χ2v) is 18.0. The summed E-state index contributed by atoms with van der Waals surface area (Å²) in [5.74, 6) is 0. The maximum absolute atomic E-state index is 7.13. The molecule has 3 aromatic rings. The highest BCUT2D eigenvalue weighted by Gasteiger charge is 2.52. The molecule has 0 amide bonds. The average Bonchev–Trinajstić information content (AvgIpc) is 3.03. The van der Waals surface area contributed by atoms with E-state index in [-0.39, 0.29) is 5.04 Å². The highest BCUT2D eigenvalue weighted by atomic mass is 28.4. The minimum absolute atomic E-state index is 0.0321. The number of allylic oxidation sites excluding steroid dienone is 1. The van der Waals surface area contributed by atoms with E-state index in [0.717, 1.165) is 29.5 Å². The van der Waals surface area contributed by atoms with Crippen LogP contribution in [0.1, 0.15) is 57.2 Å². The van der Waals surface area contributed by atoms with Gasteiger partial charge in [-0.05, 0) is 47.3 Å². The predicted octanol–water partition coefficient (Wildman–Crippen LogP) is 8.82. The van der Waals surface area contributed by atoms with Crippen molar-refractivity contribution in [2.75, 3.05) is 6.61 Å². The van der Waals surface area contributed by atoms with Gasteiger partial charge in [-0.2, -0.15) is 0 Å². The molecular formula is C38H52O6Si. The molecule has 1 fully saturated rings. The van der Waals surface area contributed by atoms with Crippen LogP contribution in [0, 0.1) is 0 Å². The topological polar surface area (TPSA) is 55.4 Å². The van der Waals surface area contributed by atoms with Gasteiger partial charge in [0, 0.05) is 0 Å². The van der Waals surface area contributed by atoms with E-state index in [2.05, 4.69) is 77.2 Å². The van der Waals surface area contributed by atoms with Gasteiger partial charge in [0.05, 0.1) is 32.7 Å². The van der Waals surface area contributed by atoms with Crippen molar-refractivity contribution in [3.63, 3.8) is 0 Å². The highest BCUT2D eigenvalue weighted by molar-refractivity contribution is 6.74. The van der Waals surface area contributed by atoms with Gasteiger partial charge in [-0.1, -0.05) is 125 Å². The number of unbranched alkanes of at least 4 members (excludes halogenated alkanes) is 1. The summed E-state index contributed by atoms with van der Waals surface area (Å²) in [6.07, 6.45) is 3.10. The zero-order valence-electron chi connectivity index (χ0n) is 27.9. The Labute approximate surface area is 271 Å². The van der Waals surface area contributed by atoms with Gasteiger partial charge < -0.3 is 28.1 Å². The lowest BCUT2D eigenvalue weighted by molar-refractivity contribution is -0.304. The fourth-order valence-corrected chi connectivity index (χ4v) is 6.20. The molecular weight excluding hydrogens is 580 g/mol. The lowest BCUT2D eigenvalue weighted by Crippen LogP contribution is -2.64. The Morgan fingerprint density at radius 1 is 0.711 bits per heavy atom. The van der Waals surface area contributed by atoms with Gasteiger partial charge in [-0.25, -0.2) is 0 Å². The lowest BCUT2D eigenvalue weighted by atomic mass is 9.98. The number of benzene rings is 3. The summed E-state index contributed by atoms with van der Waals surface area (Å²) in [7, 11) is -2.30. The molecule has 1 aliphatic heterocycles. The largest absolute Gasteiger partial charge is 0.470 e. The molecule has 1 aliphatic rings. The quantitative estimate of drug-likeness (QED) is 0.116. The zero-order chi connectivity index (χ0) is 32.1. The molecule has 5 atom stereocenters. The number of ether oxygens (including phenoxy) is 5. The third-order valence-corrected chi connectivity index (χ3v) is 13.0. The van der Waals surface area contributed by atoms with Gasteiger partial charge in [-0.15, -0.1) is 0 Å². The number of rotatable bonds is 16. The van der Waals surface area contributed by atoms with Crippen LogP contribution in [0.3, 0.4) is 0 Å². The van der Waals surface area contributed by atoms with E-state index < -0.39 is 39.0 Å². The first-order valence-corrected chi connectivity index (χ1v) is 19.1. The molecule has 0 saturated carbocycles. The van der Waals surface area contributed by atoms with E-state index in [1.807, 2.05) is 60.7 Å². The Morgan fingerprint density at radius 2 is 1.22 bits per heavy atom. The summed E-state index contributed by atoms with van der Waals surface area (Å²) in [5, 5.41) is -0.0321. The summed E-state index contributed by atoms with van der Waals surface area (Å²) < 4.78 is 40.1. The first kappa shape index (κ1) is 35.1. The minimum atomic E-state index is -2.30. The van der Waals surface area contributed by atoms with Gasteiger partial charge in [0.2, 0.25) is 6.29 Å². The van der Waals surface area contributed by atoms with Gasteiger partial charge in [0.15, 0.2) is 8.32 Å². The second-order valence-electron chi connectivity index (χ2n) is 13.2.